The van der Waals surface area contributed by atoms with Crippen LogP contribution in [0.25, 0.3) is 16.9 Å². The number of carbonyl (C=O) groups is 1. The number of anilines is 1. The zero-order valence-corrected chi connectivity index (χ0v) is 19.9. The predicted octanol–water partition coefficient (Wildman–Crippen LogP) is 6.10. The molecule has 34 heavy (non-hydrogen) atoms. The van der Waals surface area contributed by atoms with E-state index in [1.807, 2.05) is 0 Å². The van der Waals surface area contributed by atoms with Crippen molar-refractivity contribution < 1.29 is 27.4 Å². The summed E-state index contributed by atoms with van der Waals surface area (Å²) in [5.74, 6) is -0.0339. The van der Waals surface area contributed by atoms with E-state index < -0.39 is 23.5 Å². The lowest BCUT2D eigenvalue weighted by Crippen LogP contribution is -2.16. The van der Waals surface area contributed by atoms with E-state index in [4.69, 9.17) is 21.1 Å². The predicted molar refractivity (Wildman–Crippen MR) is 124 cm³/mol. The summed E-state index contributed by atoms with van der Waals surface area (Å²) in [5.41, 5.74) is -1.07. The zero-order valence-electron chi connectivity index (χ0n) is 17.6. The van der Waals surface area contributed by atoms with E-state index in [-0.39, 0.29) is 16.4 Å². The van der Waals surface area contributed by atoms with Crippen LogP contribution in [0.4, 0.5) is 18.9 Å². The molecule has 0 radical (unpaired) electrons. The van der Waals surface area contributed by atoms with Gasteiger partial charge in [0, 0.05) is 21.8 Å². The first-order chi connectivity index (χ1) is 16.1. The van der Waals surface area contributed by atoms with Crippen molar-refractivity contribution in [3.63, 3.8) is 0 Å². The van der Waals surface area contributed by atoms with Crippen LogP contribution in [0.2, 0.25) is 5.02 Å². The number of halogens is 5. The summed E-state index contributed by atoms with van der Waals surface area (Å²) in [6, 6.07) is 12.0. The molecule has 4 rings (SSSR count). The third-order valence-corrected chi connectivity index (χ3v) is 5.70. The molecule has 4 aromatic rings. The fraction of sp³-hybridized carbons (Fsp3) is 0.136. The number of ether oxygens (including phenoxy) is 2. The molecule has 7 nitrogen and oxygen atoms in total. The van der Waals surface area contributed by atoms with Crippen LogP contribution in [0.5, 0.6) is 11.5 Å². The molecule has 2 heterocycles. The zero-order chi connectivity index (χ0) is 24.6. The second-order valence-corrected chi connectivity index (χ2v) is 8.25. The fourth-order valence-electron chi connectivity index (χ4n) is 3.21. The summed E-state index contributed by atoms with van der Waals surface area (Å²) in [6.45, 7) is 0. The number of carbonyl (C=O) groups excluding carboxylic acids is 1. The van der Waals surface area contributed by atoms with Crippen LogP contribution in [0.3, 0.4) is 0 Å². The Labute approximate surface area is 204 Å². The Morgan fingerprint density at radius 1 is 1.06 bits per heavy atom. The SMILES string of the molecule is COc1ccc(NC(=O)c2nn3c(C(F)(F)F)cc(-c4ccc(Br)cc4)nc3c2Cl)cc1OC. The molecule has 0 aliphatic heterocycles. The second kappa shape index (κ2) is 9.15. The first-order valence-electron chi connectivity index (χ1n) is 9.58. The van der Waals surface area contributed by atoms with Gasteiger partial charge in [0.15, 0.2) is 28.5 Å². The van der Waals surface area contributed by atoms with E-state index >= 15 is 0 Å². The number of methoxy groups -OCH3 is 2. The quantitative estimate of drug-likeness (QED) is 0.322. The molecule has 2 aromatic heterocycles. The lowest BCUT2D eigenvalue weighted by molar-refractivity contribution is -0.142. The smallest absolute Gasteiger partial charge is 0.433 e. The van der Waals surface area contributed by atoms with Gasteiger partial charge in [0.25, 0.3) is 5.91 Å². The van der Waals surface area contributed by atoms with Gasteiger partial charge in [-0.15, -0.1) is 0 Å². The highest BCUT2D eigenvalue weighted by atomic mass is 79.9. The second-order valence-electron chi connectivity index (χ2n) is 6.95. The molecule has 0 fully saturated rings. The van der Waals surface area contributed by atoms with Crippen LogP contribution in [-0.2, 0) is 6.18 Å². The van der Waals surface area contributed by atoms with Gasteiger partial charge in [0.2, 0.25) is 0 Å². The van der Waals surface area contributed by atoms with Gasteiger partial charge in [-0.3, -0.25) is 4.79 Å². The van der Waals surface area contributed by atoms with Crippen molar-refractivity contribution in [1.82, 2.24) is 14.6 Å². The van der Waals surface area contributed by atoms with Gasteiger partial charge < -0.3 is 14.8 Å². The molecule has 0 saturated carbocycles. The van der Waals surface area contributed by atoms with Crippen molar-refractivity contribution in [2.45, 2.75) is 6.18 Å². The highest BCUT2D eigenvalue weighted by molar-refractivity contribution is 9.10. The van der Waals surface area contributed by atoms with Crippen LogP contribution in [-0.4, -0.2) is 34.7 Å². The first kappa shape index (κ1) is 23.8. The minimum atomic E-state index is -4.78. The van der Waals surface area contributed by atoms with Crippen molar-refractivity contribution in [2.24, 2.45) is 0 Å². The van der Waals surface area contributed by atoms with E-state index in [0.717, 1.165) is 10.5 Å². The normalized spacial score (nSPS) is 11.5. The minimum Gasteiger partial charge on any atom is -0.493 e. The van der Waals surface area contributed by atoms with Gasteiger partial charge in [0.05, 0.1) is 19.9 Å². The third kappa shape index (κ3) is 4.53. The molecule has 2 aromatic carbocycles. The number of benzene rings is 2. The highest BCUT2D eigenvalue weighted by Gasteiger charge is 2.36. The van der Waals surface area contributed by atoms with Crippen molar-refractivity contribution in [3.8, 4) is 22.8 Å². The molecule has 176 valence electrons. The monoisotopic (exact) mass is 554 g/mol. The van der Waals surface area contributed by atoms with Crippen LogP contribution < -0.4 is 14.8 Å². The van der Waals surface area contributed by atoms with Gasteiger partial charge in [-0.2, -0.15) is 18.3 Å². The molecule has 1 N–H and O–H groups in total. The molecule has 0 spiro atoms. The van der Waals surface area contributed by atoms with E-state index in [1.54, 1.807) is 30.3 Å². The lowest BCUT2D eigenvalue weighted by atomic mass is 10.1. The molecule has 1 amide bonds. The Morgan fingerprint density at radius 3 is 2.35 bits per heavy atom. The van der Waals surface area contributed by atoms with Crippen LogP contribution >= 0.6 is 27.5 Å². The number of amides is 1. The van der Waals surface area contributed by atoms with Crippen molar-refractivity contribution in [2.75, 3.05) is 19.5 Å². The Kier molecular flexibility index (Phi) is 6.41. The molecule has 0 bridgehead atoms. The molecule has 0 aliphatic carbocycles. The van der Waals surface area contributed by atoms with Gasteiger partial charge in [-0.1, -0.05) is 39.7 Å². The van der Waals surface area contributed by atoms with Crippen molar-refractivity contribution >= 4 is 44.8 Å². The largest absolute Gasteiger partial charge is 0.493 e. The maximum absolute atomic E-state index is 13.9. The van der Waals surface area contributed by atoms with Gasteiger partial charge in [-0.25, -0.2) is 9.50 Å². The van der Waals surface area contributed by atoms with Crippen LogP contribution in [0.1, 0.15) is 16.2 Å². The van der Waals surface area contributed by atoms with Gasteiger partial charge in [0.1, 0.15) is 5.02 Å². The molecule has 0 aliphatic rings. The molecular formula is C22H15BrClF3N4O3. The Bertz CT molecular complexity index is 1390. The van der Waals surface area contributed by atoms with Crippen molar-refractivity contribution in [3.05, 3.63) is 69.4 Å². The van der Waals surface area contributed by atoms with E-state index in [1.165, 1.54) is 26.4 Å². The summed E-state index contributed by atoms with van der Waals surface area (Å²) in [5, 5.41) is 6.06. The van der Waals surface area contributed by atoms with Crippen LogP contribution in [0, 0.1) is 0 Å². The average Bonchev–Trinajstić information content (AvgIpc) is 3.14. The fourth-order valence-corrected chi connectivity index (χ4v) is 3.72. The standard InChI is InChI=1S/C22H15BrClF3N4O3/c1-33-15-8-7-13(9-16(15)34-2)28-21(32)19-18(24)20-29-14(11-3-5-12(23)6-4-11)10-17(22(25,26)27)31(20)30-19/h3-10H,1-2H3,(H,28,32). The maximum Gasteiger partial charge on any atom is 0.433 e. The molecule has 12 heteroatoms. The van der Waals surface area contributed by atoms with Crippen LogP contribution in [0.15, 0.2) is 53.0 Å². The minimum absolute atomic E-state index is 0.0287. The lowest BCUT2D eigenvalue weighted by Gasteiger charge is -2.11. The highest BCUT2D eigenvalue weighted by Crippen LogP contribution is 2.35. The number of hydrogen-bond donors (Lipinski definition) is 1. The number of aromatic nitrogens is 3. The van der Waals surface area contributed by atoms with E-state index in [2.05, 4.69) is 31.3 Å². The Morgan fingerprint density at radius 2 is 1.74 bits per heavy atom. The molecular weight excluding hydrogens is 541 g/mol. The average molecular weight is 556 g/mol. The number of hydrogen-bond acceptors (Lipinski definition) is 5. The summed E-state index contributed by atoms with van der Waals surface area (Å²) in [7, 11) is 2.89. The molecule has 0 unspecified atom stereocenters. The molecule has 0 atom stereocenters. The molecule has 0 saturated heterocycles. The third-order valence-electron chi connectivity index (χ3n) is 4.82. The number of nitrogens with zero attached hydrogens (tertiary/aromatic N) is 3. The summed E-state index contributed by atoms with van der Waals surface area (Å²) >= 11 is 9.59. The van der Waals surface area contributed by atoms with E-state index in [0.29, 0.717) is 27.3 Å². The number of fused-ring (bicyclic) bond motifs is 1. The van der Waals surface area contributed by atoms with E-state index in [9.17, 15) is 18.0 Å². The van der Waals surface area contributed by atoms with Crippen molar-refractivity contribution in [1.29, 1.82) is 0 Å². The number of rotatable bonds is 5. The summed E-state index contributed by atoms with van der Waals surface area (Å²) in [6.07, 6.45) is -4.78. The topological polar surface area (TPSA) is 77.8 Å². The summed E-state index contributed by atoms with van der Waals surface area (Å²) in [4.78, 5) is 17.1. The Hall–Kier alpha value is -3.31. The summed E-state index contributed by atoms with van der Waals surface area (Å²) < 4.78 is 53.2. The number of alkyl halides is 3. The first-order valence-corrected chi connectivity index (χ1v) is 10.7. The maximum atomic E-state index is 13.9. The Balaban J connectivity index is 1.79. The number of nitrogens with one attached hydrogen (secondary N) is 1. The van der Waals surface area contributed by atoms with Gasteiger partial charge >= 0.3 is 6.18 Å². The van der Waals surface area contributed by atoms with Gasteiger partial charge in [-0.05, 0) is 30.3 Å².